The maximum Gasteiger partial charge on any atom is 0.277 e. The molecule has 1 amide bonds. The number of fused-ring (bicyclic) bond motifs is 1. The third-order valence-corrected chi connectivity index (χ3v) is 4.47. The van der Waals surface area contributed by atoms with Gasteiger partial charge in [0, 0.05) is 11.8 Å². The van der Waals surface area contributed by atoms with Crippen LogP contribution in [-0.4, -0.2) is 35.1 Å². The Labute approximate surface area is 152 Å². The molecule has 134 valence electrons. The maximum absolute atomic E-state index is 12.1. The van der Waals surface area contributed by atoms with Crippen molar-refractivity contribution in [2.75, 3.05) is 24.3 Å². The lowest BCUT2D eigenvalue weighted by Crippen LogP contribution is -2.17. The van der Waals surface area contributed by atoms with E-state index >= 15 is 0 Å². The smallest absolute Gasteiger partial charge is 0.277 e. The average Bonchev–Trinajstić information content (AvgIpc) is 3.28. The molecule has 1 N–H and O–H groups in total. The molecule has 1 aliphatic rings. The number of carbonyl (C=O) groups excluding carboxylic acids is 1. The van der Waals surface area contributed by atoms with Gasteiger partial charge < -0.3 is 23.6 Å². The largest absolute Gasteiger partial charge is 0.486 e. The molecule has 3 aromatic rings. The molecule has 1 aliphatic heterocycles. The molecule has 9 heteroatoms. The van der Waals surface area contributed by atoms with Crippen molar-refractivity contribution in [2.24, 2.45) is 0 Å². The maximum atomic E-state index is 12.1. The zero-order valence-corrected chi connectivity index (χ0v) is 14.7. The summed E-state index contributed by atoms with van der Waals surface area (Å²) in [5.41, 5.74) is 1.38. The van der Waals surface area contributed by atoms with E-state index in [1.807, 2.05) is 6.92 Å². The fourth-order valence-corrected chi connectivity index (χ4v) is 2.99. The van der Waals surface area contributed by atoms with Gasteiger partial charge in [-0.05, 0) is 25.1 Å². The number of carbonyl (C=O) groups is 1. The second-order valence-corrected chi connectivity index (χ2v) is 6.39. The van der Waals surface area contributed by atoms with Gasteiger partial charge in [-0.2, -0.15) is 0 Å². The van der Waals surface area contributed by atoms with Gasteiger partial charge in [0.1, 0.15) is 19.0 Å². The van der Waals surface area contributed by atoms with Crippen LogP contribution in [0.2, 0.25) is 0 Å². The Balaban J connectivity index is 1.34. The number of nitrogens with zero attached hydrogens (tertiary/aromatic N) is 2. The second kappa shape index (κ2) is 7.12. The molecule has 0 atom stereocenters. The normalized spacial score (nSPS) is 12.8. The molecule has 4 rings (SSSR count). The van der Waals surface area contributed by atoms with Crippen LogP contribution in [0.25, 0.3) is 11.5 Å². The van der Waals surface area contributed by atoms with Crippen molar-refractivity contribution in [3.63, 3.8) is 0 Å². The first-order chi connectivity index (χ1) is 12.7. The number of amides is 1. The van der Waals surface area contributed by atoms with Gasteiger partial charge in [-0.1, -0.05) is 11.8 Å². The highest BCUT2D eigenvalue weighted by molar-refractivity contribution is 7.99. The van der Waals surface area contributed by atoms with Crippen molar-refractivity contribution in [3.05, 3.63) is 36.3 Å². The quantitative estimate of drug-likeness (QED) is 0.681. The number of aromatic nitrogens is 2. The first-order valence-electron chi connectivity index (χ1n) is 7.89. The minimum absolute atomic E-state index is 0.139. The number of ether oxygens (including phenoxy) is 2. The zero-order valence-electron chi connectivity index (χ0n) is 13.9. The number of aryl methyl sites for hydroxylation is 1. The van der Waals surface area contributed by atoms with E-state index in [1.165, 1.54) is 0 Å². The summed E-state index contributed by atoms with van der Waals surface area (Å²) in [5.74, 6) is 2.31. The SMILES string of the molecule is Cc1occc1-c1nnc(SCC(=O)Nc2ccc3c(c2)OCCO3)o1. The summed E-state index contributed by atoms with van der Waals surface area (Å²) in [5, 5.41) is 11.0. The predicted octanol–water partition coefficient (Wildman–Crippen LogP) is 3.14. The van der Waals surface area contributed by atoms with Gasteiger partial charge in [-0.15, -0.1) is 10.2 Å². The van der Waals surface area contributed by atoms with Crippen LogP contribution in [0.1, 0.15) is 5.76 Å². The molecule has 26 heavy (non-hydrogen) atoms. The molecule has 0 spiro atoms. The fourth-order valence-electron chi connectivity index (χ4n) is 2.43. The number of anilines is 1. The average molecular weight is 373 g/mol. The van der Waals surface area contributed by atoms with Crippen LogP contribution in [0.15, 0.2) is 44.6 Å². The molecule has 2 aromatic heterocycles. The summed E-state index contributed by atoms with van der Waals surface area (Å²) in [6, 6.07) is 7.03. The van der Waals surface area contributed by atoms with E-state index in [4.69, 9.17) is 18.3 Å². The molecule has 0 fully saturated rings. The summed E-state index contributed by atoms with van der Waals surface area (Å²) >= 11 is 1.16. The highest BCUT2D eigenvalue weighted by Crippen LogP contribution is 2.32. The van der Waals surface area contributed by atoms with Gasteiger partial charge in [0.15, 0.2) is 11.5 Å². The lowest BCUT2D eigenvalue weighted by Gasteiger charge is -2.18. The third-order valence-electron chi connectivity index (χ3n) is 3.65. The molecule has 0 saturated carbocycles. The van der Waals surface area contributed by atoms with Crippen LogP contribution in [-0.2, 0) is 4.79 Å². The molecule has 8 nitrogen and oxygen atoms in total. The monoisotopic (exact) mass is 373 g/mol. The van der Waals surface area contributed by atoms with E-state index in [0.717, 1.165) is 17.3 Å². The van der Waals surface area contributed by atoms with Gasteiger partial charge >= 0.3 is 0 Å². The van der Waals surface area contributed by atoms with Crippen molar-refractivity contribution >= 4 is 23.4 Å². The van der Waals surface area contributed by atoms with Gasteiger partial charge in [0.2, 0.25) is 5.91 Å². The van der Waals surface area contributed by atoms with E-state index in [-0.39, 0.29) is 11.7 Å². The first kappa shape index (κ1) is 16.5. The van der Waals surface area contributed by atoms with E-state index < -0.39 is 0 Å². The van der Waals surface area contributed by atoms with Gasteiger partial charge in [-0.3, -0.25) is 4.79 Å². The summed E-state index contributed by atoms with van der Waals surface area (Å²) in [6.07, 6.45) is 1.56. The van der Waals surface area contributed by atoms with Crippen LogP contribution < -0.4 is 14.8 Å². The van der Waals surface area contributed by atoms with Crippen LogP contribution >= 0.6 is 11.8 Å². The summed E-state index contributed by atoms with van der Waals surface area (Å²) < 4.78 is 21.7. The van der Waals surface area contributed by atoms with Crippen molar-refractivity contribution in [1.29, 1.82) is 0 Å². The predicted molar refractivity (Wildman–Crippen MR) is 93.5 cm³/mol. The molecule has 0 saturated heterocycles. The van der Waals surface area contributed by atoms with Gasteiger partial charge in [0.05, 0.1) is 17.6 Å². The standard InChI is InChI=1S/C17H15N3O5S/c1-10-12(4-5-22-10)16-19-20-17(25-16)26-9-15(21)18-11-2-3-13-14(8-11)24-7-6-23-13/h2-5,8H,6-7,9H2,1H3,(H,18,21). The Morgan fingerprint density at radius 3 is 2.85 bits per heavy atom. The van der Waals surface area contributed by atoms with Crippen LogP contribution in [0.3, 0.4) is 0 Å². The number of hydrogen-bond donors (Lipinski definition) is 1. The Morgan fingerprint density at radius 2 is 2.04 bits per heavy atom. The molecular weight excluding hydrogens is 358 g/mol. The van der Waals surface area contributed by atoms with Gasteiger partial charge in [-0.25, -0.2) is 0 Å². The van der Waals surface area contributed by atoms with E-state index in [2.05, 4.69) is 15.5 Å². The minimum atomic E-state index is -0.189. The first-order valence-corrected chi connectivity index (χ1v) is 8.88. The lowest BCUT2D eigenvalue weighted by molar-refractivity contribution is -0.113. The molecule has 1 aromatic carbocycles. The molecular formula is C17H15N3O5S. The van der Waals surface area contributed by atoms with E-state index in [0.29, 0.717) is 47.3 Å². The highest BCUT2D eigenvalue weighted by Gasteiger charge is 2.16. The molecule has 3 heterocycles. The topological polar surface area (TPSA) is 99.6 Å². The van der Waals surface area contributed by atoms with Crippen molar-refractivity contribution in [3.8, 4) is 23.0 Å². The Morgan fingerprint density at radius 1 is 1.19 bits per heavy atom. The fraction of sp³-hybridized carbons (Fsp3) is 0.235. The van der Waals surface area contributed by atoms with Crippen LogP contribution in [0.4, 0.5) is 5.69 Å². The second-order valence-electron chi connectivity index (χ2n) is 5.46. The number of furan rings is 1. The summed E-state index contributed by atoms with van der Waals surface area (Å²) in [6.45, 7) is 2.84. The Kier molecular flexibility index (Phi) is 4.53. The number of hydrogen-bond acceptors (Lipinski definition) is 8. The van der Waals surface area contributed by atoms with Crippen LogP contribution in [0.5, 0.6) is 11.5 Å². The molecule has 0 radical (unpaired) electrons. The summed E-state index contributed by atoms with van der Waals surface area (Å²) in [4.78, 5) is 12.1. The molecule has 0 aliphatic carbocycles. The minimum Gasteiger partial charge on any atom is -0.486 e. The Hall–Kier alpha value is -2.94. The van der Waals surface area contributed by atoms with E-state index in [9.17, 15) is 4.79 Å². The van der Waals surface area contributed by atoms with E-state index in [1.54, 1.807) is 30.5 Å². The van der Waals surface area contributed by atoms with Crippen molar-refractivity contribution in [1.82, 2.24) is 10.2 Å². The lowest BCUT2D eigenvalue weighted by atomic mass is 10.2. The Bertz CT molecular complexity index is 936. The number of nitrogens with one attached hydrogen (secondary N) is 1. The molecule has 0 unspecified atom stereocenters. The zero-order chi connectivity index (χ0) is 17.9. The van der Waals surface area contributed by atoms with Gasteiger partial charge in [0.25, 0.3) is 11.1 Å². The summed E-state index contributed by atoms with van der Waals surface area (Å²) in [7, 11) is 0. The number of thioether (sulfide) groups is 1. The number of rotatable bonds is 5. The molecule has 0 bridgehead atoms. The number of benzene rings is 1. The van der Waals surface area contributed by atoms with Crippen molar-refractivity contribution < 1.29 is 23.1 Å². The third kappa shape index (κ3) is 3.52. The van der Waals surface area contributed by atoms with Crippen LogP contribution in [0, 0.1) is 6.92 Å². The highest BCUT2D eigenvalue weighted by atomic mass is 32.2. The van der Waals surface area contributed by atoms with Crippen molar-refractivity contribution in [2.45, 2.75) is 12.1 Å².